The van der Waals surface area contributed by atoms with Crippen LogP contribution in [-0.2, 0) is 6.42 Å². The van der Waals surface area contributed by atoms with Gasteiger partial charge in [0.15, 0.2) is 5.96 Å². The molecule has 0 radical (unpaired) electrons. The highest BCUT2D eigenvalue weighted by Gasteiger charge is 2.42. The van der Waals surface area contributed by atoms with Crippen LogP contribution < -0.4 is 5.32 Å². The fraction of sp³-hybridized carbons (Fsp3) is 0.714. The Morgan fingerprint density at radius 1 is 1.19 bits per heavy atom. The van der Waals surface area contributed by atoms with Crippen molar-refractivity contribution in [2.45, 2.75) is 45.1 Å². The first-order chi connectivity index (χ1) is 12.7. The Kier molecular flexibility index (Phi) is 7.36. The Bertz CT molecular complexity index is 624. The Morgan fingerprint density at radius 2 is 2.00 bits per heavy atom. The second-order valence-corrected chi connectivity index (χ2v) is 8.30. The molecule has 1 N–H and O–H groups in total. The minimum atomic E-state index is 0. The number of aromatic nitrogens is 1. The quantitative estimate of drug-likeness (QED) is 0.407. The Labute approximate surface area is 181 Å². The first kappa shape index (κ1) is 20.8. The van der Waals surface area contributed by atoms with Crippen LogP contribution in [0.1, 0.15) is 36.9 Å². The molecule has 3 aliphatic rings. The average molecular weight is 483 g/mol. The minimum absolute atomic E-state index is 0. The molecule has 0 amide bonds. The van der Waals surface area contributed by atoms with Gasteiger partial charge in [-0.05, 0) is 56.1 Å². The standard InChI is InChI=1S/C21H33N5.HI/c1-16-3-4-17(15-24-16)7-8-23-21(22-2)26-11-9-25(10-12-26)20-14-18-5-6-19(20)13-18;/h3-4,15,18-20H,5-14H2,1-2H3,(H,22,23);1H. The van der Waals surface area contributed by atoms with Crippen molar-refractivity contribution in [2.75, 3.05) is 39.8 Å². The van der Waals surface area contributed by atoms with Gasteiger partial charge in [0, 0.05) is 57.7 Å². The monoisotopic (exact) mass is 483 g/mol. The molecule has 27 heavy (non-hydrogen) atoms. The molecule has 0 spiro atoms. The lowest BCUT2D eigenvalue weighted by atomic mass is 9.93. The maximum absolute atomic E-state index is 4.52. The highest BCUT2D eigenvalue weighted by atomic mass is 127. The van der Waals surface area contributed by atoms with Gasteiger partial charge in [0.05, 0.1) is 0 Å². The summed E-state index contributed by atoms with van der Waals surface area (Å²) in [5.41, 5.74) is 2.35. The lowest BCUT2D eigenvalue weighted by Gasteiger charge is -2.42. The molecule has 2 bridgehead atoms. The van der Waals surface area contributed by atoms with Gasteiger partial charge in [-0.2, -0.15) is 0 Å². The summed E-state index contributed by atoms with van der Waals surface area (Å²) >= 11 is 0. The number of nitrogens with zero attached hydrogens (tertiary/aromatic N) is 4. The van der Waals surface area contributed by atoms with Gasteiger partial charge in [0.1, 0.15) is 0 Å². The van der Waals surface area contributed by atoms with Gasteiger partial charge in [-0.25, -0.2) is 0 Å². The number of pyridine rings is 1. The maximum atomic E-state index is 4.52. The van der Waals surface area contributed by atoms with Gasteiger partial charge in [-0.1, -0.05) is 12.5 Å². The summed E-state index contributed by atoms with van der Waals surface area (Å²) < 4.78 is 0. The number of hydrogen-bond acceptors (Lipinski definition) is 3. The third kappa shape index (κ3) is 4.94. The Balaban J connectivity index is 0.00000210. The normalized spacial score (nSPS) is 28.3. The van der Waals surface area contributed by atoms with Gasteiger partial charge in [-0.15, -0.1) is 24.0 Å². The summed E-state index contributed by atoms with van der Waals surface area (Å²) in [4.78, 5) is 14.1. The zero-order chi connectivity index (χ0) is 17.9. The zero-order valence-electron chi connectivity index (χ0n) is 16.7. The molecule has 6 heteroatoms. The number of fused-ring (bicyclic) bond motifs is 2. The first-order valence-corrected chi connectivity index (χ1v) is 10.3. The van der Waals surface area contributed by atoms with Gasteiger partial charge in [0.25, 0.3) is 0 Å². The molecule has 2 saturated carbocycles. The molecule has 1 aliphatic heterocycles. The number of guanidine groups is 1. The number of rotatable bonds is 4. The van der Waals surface area contributed by atoms with Gasteiger partial charge < -0.3 is 10.2 Å². The second kappa shape index (κ2) is 9.54. The van der Waals surface area contributed by atoms with Crippen LogP contribution in [-0.4, -0.2) is 66.6 Å². The van der Waals surface area contributed by atoms with Crippen molar-refractivity contribution in [1.82, 2.24) is 20.1 Å². The number of hydrogen-bond donors (Lipinski definition) is 1. The molecule has 3 fully saturated rings. The molecule has 3 unspecified atom stereocenters. The molecule has 2 heterocycles. The van der Waals surface area contributed by atoms with Crippen molar-refractivity contribution in [3.63, 3.8) is 0 Å². The number of aliphatic imine (C=N–C) groups is 1. The molecule has 1 aromatic rings. The number of piperazine rings is 1. The zero-order valence-corrected chi connectivity index (χ0v) is 19.1. The van der Waals surface area contributed by atoms with E-state index in [0.717, 1.165) is 55.6 Å². The van der Waals surface area contributed by atoms with Crippen LogP contribution in [0.15, 0.2) is 23.3 Å². The molecule has 150 valence electrons. The molecular weight excluding hydrogens is 449 g/mol. The summed E-state index contributed by atoms with van der Waals surface area (Å²) in [6.07, 6.45) is 8.90. The highest BCUT2D eigenvalue weighted by molar-refractivity contribution is 14.0. The molecule has 5 nitrogen and oxygen atoms in total. The molecule has 3 atom stereocenters. The van der Waals surface area contributed by atoms with E-state index >= 15 is 0 Å². The molecule has 4 rings (SSSR count). The average Bonchev–Trinajstić information content (AvgIpc) is 3.31. The molecule has 1 aromatic heterocycles. The van der Waals surface area contributed by atoms with Crippen molar-refractivity contribution in [3.05, 3.63) is 29.6 Å². The van der Waals surface area contributed by atoms with Crippen molar-refractivity contribution >= 4 is 29.9 Å². The van der Waals surface area contributed by atoms with E-state index in [1.807, 2.05) is 20.2 Å². The predicted molar refractivity (Wildman–Crippen MR) is 122 cm³/mol. The lowest BCUT2D eigenvalue weighted by Crippen LogP contribution is -2.55. The van der Waals surface area contributed by atoms with Crippen LogP contribution in [0.4, 0.5) is 0 Å². The number of aryl methyl sites for hydroxylation is 1. The van der Waals surface area contributed by atoms with Crippen molar-refractivity contribution in [2.24, 2.45) is 16.8 Å². The van der Waals surface area contributed by atoms with E-state index in [-0.39, 0.29) is 24.0 Å². The van der Waals surface area contributed by atoms with E-state index in [4.69, 9.17) is 0 Å². The largest absolute Gasteiger partial charge is 0.356 e. The fourth-order valence-corrected chi connectivity index (χ4v) is 5.22. The summed E-state index contributed by atoms with van der Waals surface area (Å²) in [5.74, 6) is 3.08. The first-order valence-electron chi connectivity index (χ1n) is 10.3. The van der Waals surface area contributed by atoms with Crippen LogP contribution in [0.2, 0.25) is 0 Å². The second-order valence-electron chi connectivity index (χ2n) is 8.30. The van der Waals surface area contributed by atoms with Crippen molar-refractivity contribution < 1.29 is 0 Å². The summed E-state index contributed by atoms with van der Waals surface area (Å²) in [7, 11) is 1.90. The number of nitrogens with one attached hydrogen (secondary N) is 1. The summed E-state index contributed by atoms with van der Waals surface area (Å²) in [6, 6.07) is 5.12. The van der Waals surface area contributed by atoms with Gasteiger partial charge in [-0.3, -0.25) is 14.9 Å². The molecule has 0 aromatic carbocycles. The third-order valence-electron chi connectivity index (χ3n) is 6.66. The van der Waals surface area contributed by atoms with Crippen LogP contribution in [0.25, 0.3) is 0 Å². The Hall–Kier alpha value is -0.890. The highest BCUT2D eigenvalue weighted by Crippen LogP contribution is 2.46. The number of halogens is 1. The lowest BCUT2D eigenvalue weighted by molar-refractivity contribution is 0.0959. The SMILES string of the molecule is CN=C(NCCc1ccc(C)nc1)N1CCN(C2CC3CCC2C3)CC1.I. The minimum Gasteiger partial charge on any atom is -0.356 e. The van der Waals surface area contributed by atoms with E-state index in [2.05, 4.69) is 37.2 Å². The van der Waals surface area contributed by atoms with Crippen molar-refractivity contribution in [1.29, 1.82) is 0 Å². The van der Waals surface area contributed by atoms with Gasteiger partial charge in [0.2, 0.25) is 0 Å². The third-order valence-corrected chi connectivity index (χ3v) is 6.66. The summed E-state index contributed by atoms with van der Waals surface area (Å²) in [6.45, 7) is 7.51. The van der Waals surface area contributed by atoms with E-state index in [1.165, 1.54) is 44.3 Å². The van der Waals surface area contributed by atoms with Crippen molar-refractivity contribution in [3.8, 4) is 0 Å². The topological polar surface area (TPSA) is 43.8 Å². The van der Waals surface area contributed by atoms with Crippen LogP contribution in [0, 0.1) is 18.8 Å². The van der Waals surface area contributed by atoms with E-state index < -0.39 is 0 Å². The van der Waals surface area contributed by atoms with Crippen LogP contribution in [0.3, 0.4) is 0 Å². The van der Waals surface area contributed by atoms with E-state index in [9.17, 15) is 0 Å². The predicted octanol–water partition coefficient (Wildman–Crippen LogP) is 2.93. The van der Waals surface area contributed by atoms with Crippen LogP contribution in [0.5, 0.6) is 0 Å². The Morgan fingerprint density at radius 3 is 2.59 bits per heavy atom. The molecular formula is C21H34IN5. The molecule has 1 saturated heterocycles. The maximum Gasteiger partial charge on any atom is 0.193 e. The van der Waals surface area contributed by atoms with E-state index in [1.54, 1.807) is 0 Å². The smallest absolute Gasteiger partial charge is 0.193 e. The van der Waals surface area contributed by atoms with Crippen LogP contribution >= 0.6 is 24.0 Å². The fourth-order valence-electron chi connectivity index (χ4n) is 5.22. The summed E-state index contributed by atoms with van der Waals surface area (Å²) in [5, 5.41) is 3.54. The van der Waals surface area contributed by atoms with E-state index in [0.29, 0.717) is 0 Å². The molecule has 2 aliphatic carbocycles. The van der Waals surface area contributed by atoms with Gasteiger partial charge >= 0.3 is 0 Å².